The molecule has 0 aromatic heterocycles. The number of nitrogens with zero attached hydrogens (tertiary/aromatic N) is 5. The highest BCUT2D eigenvalue weighted by Gasteiger charge is 2.20. The van der Waals surface area contributed by atoms with Gasteiger partial charge in [-0.05, 0) is 52.9 Å². The van der Waals surface area contributed by atoms with Crippen molar-refractivity contribution < 1.29 is 9.59 Å². The highest BCUT2D eigenvalue weighted by atomic mass is 16.2. The van der Waals surface area contributed by atoms with Crippen molar-refractivity contribution in [2.24, 2.45) is 26.5 Å². The van der Waals surface area contributed by atoms with E-state index in [1.807, 2.05) is 24.3 Å². The summed E-state index contributed by atoms with van der Waals surface area (Å²) >= 11 is 0. The number of guanidine groups is 1. The van der Waals surface area contributed by atoms with E-state index in [2.05, 4.69) is 57.5 Å². The number of carbonyl (C=O) groups excluding carboxylic acids is 2. The standard InChI is InChI=1S/C28H33N11O2/c1-28(2,3)21-12-14-23(15-13-21)39(17-18-8-10-19(11-9-18)25(40)34-26(30)36-37-31)27(41)33-22-7-5-6-20(16-22)24(29)35-38-32-4/h5-16H,17H2,1-4H3,(H,33,41)(H2,29,32,35)(H4,30,31,34,36,40). The van der Waals surface area contributed by atoms with E-state index in [1.54, 1.807) is 60.5 Å². The molecule has 0 radical (unpaired) electrons. The van der Waals surface area contributed by atoms with Crippen LogP contribution in [0.25, 0.3) is 0 Å². The van der Waals surface area contributed by atoms with E-state index < -0.39 is 17.9 Å². The lowest BCUT2D eigenvalue weighted by atomic mass is 9.87. The second kappa shape index (κ2) is 13.6. The molecule has 3 aromatic rings. The van der Waals surface area contributed by atoms with Gasteiger partial charge in [-0.2, -0.15) is 0 Å². The molecule has 0 aliphatic carbocycles. The van der Waals surface area contributed by atoms with Crippen molar-refractivity contribution in [3.8, 4) is 0 Å². The second-order valence-corrected chi connectivity index (χ2v) is 9.88. The third-order valence-electron chi connectivity index (χ3n) is 5.87. The van der Waals surface area contributed by atoms with Crippen molar-refractivity contribution in [1.29, 1.82) is 10.8 Å². The average Bonchev–Trinajstić information content (AvgIpc) is 2.94. The van der Waals surface area contributed by atoms with Gasteiger partial charge in [-0.15, -0.1) is 5.11 Å². The zero-order valence-corrected chi connectivity index (χ0v) is 23.3. The van der Waals surface area contributed by atoms with Crippen LogP contribution in [0.3, 0.4) is 0 Å². The summed E-state index contributed by atoms with van der Waals surface area (Å²) in [5.41, 5.74) is 6.27. The number of nitrogens with one attached hydrogen (secondary N) is 5. The summed E-state index contributed by atoms with van der Waals surface area (Å²) in [4.78, 5) is 27.5. The Labute approximate surface area is 237 Å². The number of anilines is 2. The van der Waals surface area contributed by atoms with Gasteiger partial charge in [0.2, 0.25) is 5.96 Å². The minimum atomic E-state index is -0.541. The minimum absolute atomic E-state index is 0.0561. The number of urea groups is 1. The highest BCUT2D eigenvalue weighted by Crippen LogP contribution is 2.26. The van der Waals surface area contributed by atoms with Crippen molar-refractivity contribution in [2.75, 3.05) is 17.3 Å². The van der Waals surface area contributed by atoms with Crippen LogP contribution in [0, 0.1) is 10.8 Å². The number of hydrogen-bond donors (Lipinski definition) is 6. The lowest BCUT2D eigenvalue weighted by molar-refractivity contribution is 0.0976. The number of benzene rings is 3. The Bertz CT molecular complexity index is 1460. The first-order valence-corrected chi connectivity index (χ1v) is 12.6. The summed E-state index contributed by atoms with van der Waals surface area (Å²) in [6.45, 7) is 6.55. The Kier molecular flexibility index (Phi) is 9.95. The van der Waals surface area contributed by atoms with Gasteiger partial charge in [0.1, 0.15) is 0 Å². The monoisotopic (exact) mass is 555 g/mol. The number of amidine groups is 1. The fourth-order valence-electron chi connectivity index (χ4n) is 3.72. The normalized spacial score (nSPS) is 11.3. The Morgan fingerprint density at radius 2 is 1.61 bits per heavy atom. The molecule has 0 aliphatic heterocycles. The predicted molar refractivity (Wildman–Crippen MR) is 158 cm³/mol. The number of amides is 3. The minimum Gasteiger partial charge on any atom is -0.308 e. The molecule has 0 saturated heterocycles. The molecule has 3 aromatic carbocycles. The van der Waals surface area contributed by atoms with Gasteiger partial charge >= 0.3 is 6.03 Å². The SMILES string of the molecule is CN/N=N\C(=N)c1cccc(NC(=O)N(Cc2ccc(C(=O)NC(=N)/N=N\N)cc2)c2ccc(C(C)(C)C)cc2)c1. The summed E-state index contributed by atoms with van der Waals surface area (Å²) in [5.74, 6) is 3.83. The first-order valence-electron chi connectivity index (χ1n) is 12.6. The third-order valence-corrected chi connectivity index (χ3v) is 5.87. The number of rotatable bonds is 7. The van der Waals surface area contributed by atoms with Gasteiger partial charge in [-0.3, -0.25) is 31.3 Å². The summed E-state index contributed by atoms with van der Waals surface area (Å²) in [6.07, 6.45) is 0. The first kappa shape index (κ1) is 30.1. The van der Waals surface area contributed by atoms with Crippen LogP contribution in [0.5, 0.6) is 0 Å². The quantitative estimate of drug-likeness (QED) is 0.0773. The first-order chi connectivity index (χ1) is 19.5. The second-order valence-electron chi connectivity index (χ2n) is 9.88. The van der Waals surface area contributed by atoms with Gasteiger partial charge < -0.3 is 11.2 Å². The molecule has 13 heteroatoms. The molecule has 0 bridgehead atoms. The van der Waals surface area contributed by atoms with Gasteiger partial charge in [0, 0.05) is 29.5 Å². The molecule has 0 saturated carbocycles. The Morgan fingerprint density at radius 3 is 2.22 bits per heavy atom. The molecule has 0 aliphatic rings. The predicted octanol–water partition coefficient (Wildman–Crippen LogP) is 5.13. The molecule has 0 fully saturated rings. The lowest BCUT2D eigenvalue weighted by Crippen LogP contribution is -2.34. The van der Waals surface area contributed by atoms with Gasteiger partial charge in [-0.25, -0.2) is 4.79 Å². The van der Waals surface area contributed by atoms with Crippen LogP contribution >= 0.6 is 0 Å². The van der Waals surface area contributed by atoms with Crippen LogP contribution in [0.15, 0.2) is 93.5 Å². The summed E-state index contributed by atoms with van der Waals surface area (Å²) in [7, 11) is 1.58. The van der Waals surface area contributed by atoms with Crippen molar-refractivity contribution in [3.63, 3.8) is 0 Å². The Hall–Kier alpha value is -5.46. The molecule has 0 heterocycles. The van der Waals surface area contributed by atoms with Crippen molar-refractivity contribution in [2.45, 2.75) is 32.7 Å². The molecule has 41 heavy (non-hydrogen) atoms. The van der Waals surface area contributed by atoms with Crippen molar-refractivity contribution >= 4 is 35.1 Å². The van der Waals surface area contributed by atoms with Crippen LogP contribution in [0.1, 0.15) is 47.8 Å². The third kappa shape index (κ3) is 8.51. The number of hydrogen-bond acceptors (Lipinski definition) is 6. The molecule has 0 atom stereocenters. The van der Waals surface area contributed by atoms with Crippen LogP contribution in [0.2, 0.25) is 0 Å². The summed E-state index contributed by atoms with van der Waals surface area (Å²) in [6, 6.07) is 20.8. The van der Waals surface area contributed by atoms with E-state index in [0.717, 1.165) is 11.1 Å². The van der Waals surface area contributed by atoms with E-state index in [1.165, 1.54) is 0 Å². The maximum Gasteiger partial charge on any atom is 0.326 e. The fourth-order valence-corrected chi connectivity index (χ4v) is 3.72. The maximum atomic E-state index is 13.6. The largest absolute Gasteiger partial charge is 0.326 e. The van der Waals surface area contributed by atoms with Crippen molar-refractivity contribution in [3.05, 3.63) is 95.1 Å². The van der Waals surface area contributed by atoms with Crippen LogP contribution in [-0.2, 0) is 12.0 Å². The molecular weight excluding hydrogens is 522 g/mol. The molecule has 7 N–H and O–H groups in total. The van der Waals surface area contributed by atoms with Crippen LogP contribution < -0.4 is 26.8 Å². The van der Waals surface area contributed by atoms with E-state index in [4.69, 9.17) is 16.7 Å². The Morgan fingerprint density at radius 1 is 0.927 bits per heavy atom. The molecule has 3 rings (SSSR count). The lowest BCUT2D eigenvalue weighted by Gasteiger charge is -2.25. The van der Waals surface area contributed by atoms with Crippen LogP contribution in [0.4, 0.5) is 16.2 Å². The smallest absolute Gasteiger partial charge is 0.308 e. The molecule has 0 spiro atoms. The van der Waals surface area contributed by atoms with Gasteiger partial charge in [-0.1, -0.05) is 72.7 Å². The van der Waals surface area contributed by atoms with Crippen LogP contribution in [-0.4, -0.2) is 30.8 Å². The van der Waals surface area contributed by atoms with Gasteiger partial charge in [0.05, 0.1) is 6.54 Å². The van der Waals surface area contributed by atoms with Crippen molar-refractivity contribution in [1.82, 2.24) is 10.7 Å². The topological polar surface area (TPSA) is 197 Å². The molecule has 13 nitrogen and oxygen atoms in total. The highest BCUT2D eigenvalue weighted by molar-refractivity contribution is 6.05. The van der Waals surface area contributed by atoms with Gasteiger partial charge in [0.15, 0.2) is 5.84 Å². The van der Waals surface area contributed by atoms with E-state index in [0.29, 0.717) is 22.5 Å². The van der Waals surface area contributed by atoms with E-state index >= 15 is 0 Å². The Balaban J connectivity index is 1.87. The molecule has 3 amide bonds. The zero-order valence-electron chi connectivity index (χ0n) is 23.3. The summed E-state index contributed by atoms with van der Waals surface area (Å²) < 4.78 is 0. The molecular formula is C28H33N11O2. The van der Waals surface area contributed by atoms with E-state index in [-0.39, 0.29) is 17.8 Å². The fraction of sp³-hybridized carbons (Fsp3) is 0.214. The maximum absolute atomic E-state index is 13.6. The van der Waals surface area contributed by atoms with E-state index in [9.17, 15) is 9.59 Å². The average molecular weight is 556 g/mol. The zero-order chi connectivity index (χ0) is 30.0. The molecule has 0 unspecified atom stereocenters. The molecule has 212 valence electrons. The number of carbonyl (C=O) groups is 2. The summed E-state index contributed by atoms with van der Waals surface area (Å²) in [5, 5.41) is 34.4. The van der Waals surface area contributed by atoms with Gasteiger partial charge in [0.25, 0.3) is 5.91 Å². The number of nitrogens with two attached hydrogens (primary N) is 1.